The number of thiazole rings is 1. The van der Waals surface area contributed by atoms with Gasteiger partial charge in [0.2, 0.25) is 0 Å². The number of thiophene rings is 1. The van der Waals surface area contributed by atoms with Crippen LogP contribution in [0.25, 0.3) is 21.6 Å². The number of fused-ring (bicyclic) bond motifs is 1. The summed E-state index contributed by atoms with van der Waals surface area (Å²) in [7, 11) is -3.65. The molecule has 0 spiro atoms. The van der Waals surface area contributed by atoms with E-state index in [1.165, 1.54) is 11.3 Å². The van der Waals surface area contributed by atoms with Gasteiger partial charge in [0.05, 0.1) is 16.9 Å². The number of carboxylic acid groups (broad SMARTS) is 1. The van der Waals surface area contributed by atoms with Crippen LogP contribution in [0.2, 0.25) is 0 Å². The number of nitrogens with zero attached hydrogens (tertiary/aromatic N) is 3. The van der Waals surface area contributed by atoms with Gasteiger partial charge in [0.15, 0.2) is 0 Å². The number of benzene rings is 1. The Balaban J connectivity index is 1.28. The molecule has 1 unspecified atom stereocenters. The molecule has 9 nitrogen and oxygen atoms in total. The Bertz CT molecular complexity index is 1450. The number of rotatable bonds is 9. The molecule has 190 valence electrons. The van der Waals surface area contributed by atoms with Crippen molar-refractivity contribution in [3.63, 3.8) is 0 Å². The summed E-state index contributed by atoms with van der Waals surface area (Å²) in [5.74, 6) is -0.751. The SMILES string of the molecule is CCC(C(=O)O)N1CCN(Cc2cnc(-c3cc4cccc(NS(=O)(=O)c5cccs5)c4[nH]3)s2)CC1. The molecule has 1 atom stereocenters. The number of hydrogen-bond acceptors (Lipinski definition) is 8. The van der Waals surface area contributed by atoms with Crippen LogP contribution in [0, 0.1) is 0 Å². The topological polar surface area (TPSA) is 119 Å². The fourth-order valence-corrected chi connectivity index (χ4v) is 7.51. The highest BCUT2D eigenvalue weighted by Crippen LogP contribution is 2.32. The number of H-pyrrole nitrogens is 1. The lowest BCUT2D eigenvalue weighted by Gasteiger charge is -2.37. The van der Waals surface area contributed by atoms with Crippen molar-refractivity contribution in [3.8, 4) is 10.7 Å². The predicted molar refractivity (Wildman–Crippen MR) is 143 cm³/mol. The van der Waals surface area contributed by atoms with E-state index < -0.39 is 22.0 Å². The standard InChI is InChI=1S/C24H27N5O4S3/c1-2-20(24(30)31)29-10-8-28(9-11-29)15-17-14-25-23(35-17)19-13-16-5-3-6-18(22(16)26-19)27-36(32,33)21-7-4-12-34-21/h3-7,12-14,20,26-27H,2,8-11,15H2,1H3,(H,30,31). The Hall–Kier alpha value is -2.77. The maximum absolute atomic E-state index is 12.7. The Morgan fingerprint density at radius 2 is 2.03 bits per heavy atom. The molecule has 1 aliphatic heterocycles. The minimum atomic E-state index is -3.65. The molecule has 36 heavy (non-hydrogen) atoms. The molecule has 4 aromatic rings. The Kier molecular flexibility index (Phi) is 7.13. The Morgan fingerprint density at radius 1 is 1.22 bits per heavy atom. The van der Waals surface area contributed by atoms with E-state index in [0.29, 0.717) is 17.6 Å². The average Bonchev–Trinajstić information content (AvgIpc) is 3.61. The van der Waals surface area contributed by atoms with Crippen molar-refractivity contribution in [2.45, 2.75) is 30.1 Å². The van der Waals surface area contributed by atoms with Gasteiger partial charge in [0.1, 0.15) is 15.3 Å². The number of carbonyl (C=O) groups is 1. The molecule has 3 aromatic heterocycles. The normalized spacial score (nSPS) is 16.4. The summed E-state index contributed by atoms with van der Waals surface area (Å²) in [5.41, 5.74) is 2.04. The number of sulfonamides is 1. The summed E-state index contributed by atoms with van der Waals surface area (Å²) in [6.45, 7) is 5.79. The second-order valence-corrected chi connectivity index (χ2v) is 12.7. The molecule has 4 heterocycles. The average molecular weight is 546 g/mol. The number of hydrogen-bond donors (Lipinski definition) is 3. The minimum absolute atomic E-state index is 0.268. The van der Waals surface area contributed by atoms with E-state index in [9.17, 15) is 18.3 Å². The molecule has 3 N–H and O–H groups in total. The largest absolute Gasteiger partial charge is 0.480 e. The van der Waals surface area contributed by atoms with Gasteiger partial charge < -0.3 is 10.1 Å². The van der Waals surface area contributed by atoms with E-state index in [4.69, 9.17) is 0 Å². The lowest BCUT2D eigenvalue weighted by molar-refractivity contribution is -0.144. The maximum atomic E-state index is 12.7. The van der Waals surface area contributed by atoms with E-state index in [1.807, 2.05) is 36.2 Å². The summed E-state index contributed by atoms with van der Waals surface area (Å²) < 4.78 is 28.4. The zero-order valence-corrected chi connectivity index (χ0v) is 22.1. The number of aromatic amines is 1. The quantitative estimate of drug-likeness (QED) is 0.289. The first-order valence-electron chi connectivity index (χ1n) is 11.7. The van der Waals surface area contributed by atoms with Crippen molar-refractivity contribution >= 4 is 55.3 Å². The van der Waals surface area contributed by atoms with E-state index in [1.54, 1.807) is 34.9 Å². The van der Waals surface area contributed by atoms with Crippen molar-refractivity contribution in [2.24, 2.45) is 0 Å². The summed E-state index contributed by atoms with van der Waals surface area (Å²) in [4.78, 5) is 24.9. The van der Waals surface area contributed by atoms with E-state index in [0.717, 1.165) is 53.7 Å². The van der Waals surface area contributed by atoms with Crippen molar-refractivity contribution in [3.05, 3.63) is 52.9 Å². The van der Waals surface area contributed by atoms with Crippen molar-refractivity contribution < 1.29 is 18.3 Å². The van der Waals surface area contributed by atoms with Gasteiger partial charge in [-0.05, 0) is 30.0 Å². The van der Waals surface area contributed by atoms with E-state index in [2.05, 4.69) is 19.6 Å². The first-order valence-corrected chi connectivity index (χ1v) is 14.8. The smallest absolute Gasteiger partial charge is 0.320 e. The van der Waals surface area contributed by atoms with Crippen LogP contribution in [-0.4, -0.2) is 71.5 Å². The third kappa shape index (κ3) is 5.18. The van der Waals surface area contributed by atoms with Gasteiger partial charge in [-0.3, -0.25) is 19.3 Å². The zero-order valence-electron chi connectivity index (χ0n) is 19.7. The second kappa shape index (κ2) is 10.3. The molecule has 1 aromatic carbocycles. The summed E-state index contributed by atoms with van der Waals surface area (Å²) >= 11 is 2.78. The molecular weight excluding hydrogens is 518 g/mol. The minimum Gasteiger partial charge on any atom is -0.480 e. The number of anilines is 1. The van der Waals surface area contributed by atoms with Gasteiger partial charge in [-0.15, -0.1) is 22.7 Å². The van der Waals surface area contributed by atoms with Crippen LogP contribution in [0.3, 0.4) is 0 Å². The van der Waals surface area contributed by atoms with Crippen LogP contribution < -0.4 is 4.72 Å². The van der Waals surface area contributed by atoms with Gasteiger partial charge in [0.25, 0.3) is 10.0 Å². The molecule has 0 saturated carbocycles. The van der Waals surface area contributed by atoms with Gasteiger partial charge in [-0.1, -0.05) is 25.1 Å². The number of aliphatic carboxylic acids is 1. The highest BCUT2D eigenvalue weighted by Gasteiger charge is 2.27. The number of nitrogens with one attached hydrogen (secondary N) is 2. The number of piperazine rings is 1. The van der Waals surface area contributed by atoms with Gasteiger partial charge in [0, 0.05) is 49.2 Å². The van der Waals surface area contributed by atoms with Crippen molar-refractivity contribution in [1.29, 1.82) is 0 Å². The molecule has 1 fully saturated rings. The molecule has 0 bridgehead atoms. The van der Waals surface area contributed by atoms with Crippen LogP contribution in [-0.2, 0) is 21.4 Å². The van der Waals surface area contributed by atoms with Crippen LogP contribution in [0.15, 0.2) is 52.2 Å². The van der Waals surface area contributed by atoms with Crippen LogP contribution in [0.5, 0.6) is 0 Å². The zero-order chi connectivity index (χ0) is 25.3. The van der Waals surface area contributed by atoms with Gasteiger partial charge >= 0.3 is 5.97 Å². The molecule has 0 radical (unpaired) electrons. The molecule has 1 aliphatic rings. The fourth-order valence-electron chi connectivity index (χ4n) is 4.52. The highest BCUT2D eigenvalue weighted by atomic mass is 32.2. The Morgan fingerprint density at radius 3 is 2.72 bits per heavy atom. The number of aromatic nitrogens is 2. The molecule has 0 amide bonds. The summed E-state index contributed by atoms with van der Waals surface area (Å²) in [6, 6.07) is 10.4. The lowest BCUT2D eigenvalue weighted by Crippen LogP contribution is -2.52. The number of para-hydroxylation sites is 1. The molecular formula is C24H27N5O4S3. The second-order valence-electron chi connectivity index (χ2n) is 8.70. The molecule has 12 heteroatoms. The highest BCUT2D eigenvalue weighted by molar-refractivity contribution is 7.94. The molecule has 5 rings (SSSR count). The Labute approximate surface area is 217 Å². The predicted octanol–water partition coefficient (Wildman–Crippen LogP) is 4.13. The van der Waals surface area contributed by atoms with Crippen LogP contribution in [0.4, 0.5) is 5.69 Å². The molecule has 0 aliphatic carbocycles. The van der Waals surface area contributed by atoms with Crippen LogP contribution in [0.1, 0.15) is 18.2 Å². The monoisotopic (exact) mass is 545 g/mol. The molecule has 1 saturated heterocycles. The summed E-state index contributed by atoms with van der Waals surface area (Å²) in [6.07, 6.45) is 2.49. The van der Waals surface area contributed by atoms with Crippen molar-refractivity contribution in [1.82, 2.24) is 19.8 Å². The van der Waals surface area contributed by atoms with E-state index >= 15 is 0 Å². The fraction of sp³-hybridized carbons (Fsp3) is 0.333. The van der Waals surface area contributed by atoms with Crippen LogP contribution >= 0.6 is 22.7 Å². The summed E-state index contributed by atoms with van der Waals surface area (Å²) in [5, 5.41) is 12.9. The third-order valence-electron chi connectivity index (χ3n) is 6.34. The third-order valence-corrected chi connectivity index (χ3v) is 10.1. The van der Waals surface area contributed by atoms with Gasteiger partial charge in [-0.25, -0.2) is 13.4 Å². The first-order chi connectivity index (χ1) is 17.3. The van der Waals surface area contributed by atoms with Crippen molar-refractivity contribution in [2.75, 3.05) is 30.9 Å². The maximum Gasteiger partial charge on any atom is 0.320 e. The van der Waals surface area contributed by atoms with Gasteiger partial charge in [-0.2, -0.15) is 0 Å². The first kappa shape index (κ1) is 24.9. The van der Waals surface area contributed by atoms with E-state index in [-0.39, 0.29) is 4.21 Å². The number of carboxylic acids is 1. The lowest BCUT2D eigenvalue weighted by atomic mass is 10.1.